The Kier molecular flexibility index (Phi) is 3.70. The average Bonchev–Trinajstić information content (AvgIpc) is 2.70. The minimum atomic E-state index is 0.344. The number of nitrogens with zero attached hydrogens (tertiary/aromatic N) is 4. The van der Waals surface area contributed by atoms with Crippen LogP contribution < -0.4 is 4.74 Å². The van der Waals surface area contributed by atoms with Gasteiger partial charge < -0.3 is 4.74 Å². The van der Waals surface area contributed by atoms with Crippen molar-refractivity contribution in [2.24, 2.45) is 0 Å². The van der Waals surface area contributed by atoms with E-state index in [0.29, 0.717) is 11.8 Å². The van der Waals surface area contributed by atoms with Gasteiger partial charge in [-0.25, -0.2) is 9.97 Å². The second-order valence-corrected chi connectivity index (χ2v) is 4.47. The summed E-state index contributed by atoms with van der Waals surface area (Å²) in [6.07, 6.45) is 7.96. The molecule has 84 valence electrons. The normalized spacial score (nSPS) is 10.4. The molecule has 0 unspecified atom stereocenters. The fourth-order valence-electron chi connectivity index (χ4n) is 1.21. The van der Waals surface area contributed by atoms with E-state index < -0.39 is 0 Å². The highest BCUT2D eigenvalue weighted by molar-refractivity contribution is 14.1. The molecule has 6 heteroatoms. The van der Waals surface area contributed by atoms with Gasteiger partial charge in [0.15, 0.2) is 5.75 Å². The number of aromatic nitrogens is 4. The van der Waals surface area contributed by atoms with Gasteiger partial charge in [-0.1, -0.05) is 6.92 Å². The number of ether oxygens (including phenoxy) is 1. The van der Waals surface area contributed by atoms with Crippen molar-refractivity contribution >= 4 is 22.6 Å². The topological polar surface area (TPSA) is 52.8 Å². The lowest BCUT2D eigenvalue weighted by Gasteiger charge is -1.99. The largest absolute Gasteiger partial charge is 0.421 e. The first-order valence-corrected chi connectivity index (χ1v) is 6.03. The van der Waals surface area contributed by atoms with Gasteiger partial charge >= 0.3 is 6.01 Å². The molecule has 0 radical (unpaired) electrons. The van der Waals surface area contributed by atoms with Crippen LogP contribution in [0.25, 0.3) is 0 Å². The second kappa shape index (κ2) is 5.24. The Labute approximate surface area is 107 Å². The van der Waals surface area contributed by atoms with Gasteiger partial charge in [0.05, 0.1) is 12.4 Å². The van der Waals surface area contributed by atoms with Crippen LogP contribution in [0.1, 0.15) is 13.3 Å². The van der Waals surface area contributed by atoms with Crippen LogP contribution in [0.15, 0.2) is 24.8 Å². The SMILES string of the molecule is CCCn1cc(Oc2ncc(I)cn2)cn1. The smallest absolute Gasteiger partial charge is 0.322 e. The molecule has 0 fully saturated rings. The van der Waals surface area contributed by atoms with Crippen molar-refractivity contribution < 1.29 is 4.74 Å². The summed E-state index contributed by atoms with van der Waals surface area (Å²) in [4.78, 5) is 8.10. The zero-order valence-electron chi connectivity index (χ0n) is 8.80. The fourth-order valence-corrected chi connectivity index (χ4v) is 1.49. The minimum absolute atomic E-state index is 0.344. The monoisotopic (exact) mass is 330 g/mol. The first-order valence-electron chi connectivity index (χ1n) is 4.96. The van der Waals surface area contributed by atoms with Crippen LogP contribution in [0.2, 0.25) is 0 Å². The summed E-state index contributed by atoms with van der Waals surface area (Å²) < 4.78 is 8.27. The highest BCUT2D eigenvalue weighted by Gasteiger charge is 2.02. The summed E-state index contributed by atoms with van der Waals surface area (Å²) in [6, 6.07) is 0.344. The van der Waals surface area contributed by atoms with Crippen LogP contribution in [0.4, 0.5) is 0 Å². The molecule has 0 N–H and O–H groups in total. The Bertz CT molecular complexity index is 454. The van der Waals surface area contributed by atoms with Gasteiger partial charge in [-0.3, -0.25) is 4.68 Å². The molecule has 0 bridgehead atoms. The lowest BCUT2D eigenvalue weighted by atomic mass is 10.5. The molecule has 0 aliphatic rings. The Morgan fingerprint density at radius 2 is 2.06 bits per heavy atom. The predicted octanol–water partition coefficient (Wildman–Crippen LogP) is 2.48. The van der Waals surface area contributed by atoms with Crippen LogP contribution in [0, 0.1) is 3.57 Å². The van der Waals surface area contributed by atoms with E-state index in [-0.39, 0.29) is 0 Å². The van der Waals surface area contributed by atoms with Crippen molar-refractivity contribution in [2.75, 3.05) is 0 Å². The molecule has 2 heterocycles. The number of rotatable bonds is 4. The zero-order valence-corrected chi connectivity index (χ0v) is 11.0. The van der Waals surface area contributed by atoms with Gasteiger partial charge in [0, 0.05) is 22.5 Å². The van der Waals surface area contributed by atoms with E-state index >= 15 is 0 Å². The molecule has 0 saturated carbocycles. The van der Waals surface area contributed by atoms with Crippen LogP contribution in [0.3, 0.4) is 0 Å². The maximum Gasteiger partial charge on any atom is 0.322 e. The van der Waals surface area contributed by atoms with E-state index in [1.807, 2.05) is 10.9 Å². The summed E-state index contributed by atoms with van der Waals surface area (Å²) in [5.74, 6) is 0.662. The summed E-state index contributed by atoms with van der Waals surface area (Å²) in [5, 5.41) is 4.15. The number of aryl methyl sites for hydroxylation is 1. The Balaban J connectivity index is 2.05. The Morgan fingerprint density at radius 3 is 2.75 bits per heavy atom. The van der Waals surface area contributed by atoms with E-state index in [1.54, 1.807) is 18.6 Å². The van der Waals surface area contributed by atoms with E-state index in [2.05, 4.69) is 44.6 Å². The van der Waals surface area contributed by atoms with Crippen LogP contribution >= 0.6 is 22.6 Å². The quantitative estimate of drug-likeness (QED) is 0.808. The molecule has 0 saturated heterocycles. The van der Waals surface area contributed by atoms with E-state index in [1.165, 1.54) is 0 Å². The van der Waals surface area contributed by atoms with Crippen LogP contribution in [0.5, 0.6) is 11.8 Å². The molecular weight excluding hydrogens is 319 g/mol. The van der Waals surface area contributed by atoms with Gasteiger partial charge in [-0.15, -0.1) is 0 Å². The lowest BCUT2D eigenvalue weighted by molar-refractivity contribution is 0.440. The summed E-state index contributed by atoms with van der Waals surface area (Å²) in [5.41, 5.74) is 0. The molecular formula is C10H11IN4O. The molecule has 5 nitrogen and oxygen atoms in total. The number of halogens is 1. The third-order valence-corrected chi connectivity index (χ3v) is 2.43. The van der Waals surface area contributed by atoms with Crippen molar-refractivity contribution in [1.29, 1.82) is 0 Å². The standard InChI is InChI=1S/C10H11IN4O/c1-2-3-15-7-9(6-14-15)16-10-12-4-8(11)5-13-10/h4-7H,2-3H2,1H3. The molecule has 2 aromatic heterocycles. The highest BCUT2D eigenvalue weighted by Crippen LogP contribution is 2.16. The van der Waals surface area contributed by atoms with Gasteiger partial charge in [0.2, 0.25) is 0 Å². The van der Waals surface area contributed by atoms with Crippen LogP contribution in [-0.4, -0.2) is 19.7 Å². The first kappa shape index (κ1) is 11.3. The van der Waals surface area contributed by atoms with E-state index in [0.717, 1.165) is 16.5 Å². The molecule has 16 heavy (non-hydrogen) atoms. The van der Waals surface area contributed by atoms with Crippen molar-refractivity contribution in [3.05, 3.63) is 28.4 Å². The van der Waals surface area contributed by atoms with E-state index in [4.69, 9.17) is 4.74 Å². The summed E-state index contributed by atoms with van der Waals surface area (Å²) >= 11 is 2.15. The third kappa shape index (κ3) is 2.91. The molecule has 2 rings (SSSR count). The molecule has 0 aromatic carbocycles. The summed E-state index contributed by atoms with van der Waals surface area (Å²) in [6.45, 7) is 2.99. The number of hydrogen-bond donors (Lipinski definition) is 0. The maximum atomic E-state index is 5.45. The zero-order chi connectivity index (χ0) is 11.4. The molecule has 2 aromatic rings. The Hall–Kier alpha value is -1.18. The highest BCUT2D eigenvalue weighted by atomic mass is 127. The fraction of sp³-hybridized carbons (Fsp3) is 0.300. The Morgan fingerprint density at radius 1 is 1.31 bits per heavy atom. The van der Waals surface area contributed by atoms with Gasteiger partial charge in [-0.05, 0) is 29.0 Å². The van der Waals surface area contributed by atoms with Gasteiger partial charge in [0.25, 0.3) is 0 Å². The lowest BCUT2D eigenvalue weighted by Crippen LogP contribution is -1.95. The second-order valence-electron chi connectivity index (χ2n) is 3.23. The van der Waals surface area contributed by atoms with Gasteiger partial charge in [0.1, 0.15) is 0 Å². The van der Waals surface area contributed by atoms with Gasteiger partial charge in [-0.2, -0.15) is 5.10 Å². The molecule has 0 spiro atoms. The molecule has 0 aliphatic heterocycles. The van der Waals surface area contributed by atoms with E-state index in [9.17, 15) is 0 Å². The number of hydrogen-bond acceptors (Lipinski definition) is 4. The average molecular weight is 330 g/mol. The molecule has 0 aliphatic carbocycles. The predicted molar refractivity (Wildman–Crippen MR) is 67.3 cm³/mol. The third-order valence-electron chi connectivity index (χ3n) is 1.87. The molecule has 0 atom stereocenters. The first-order chi connectivity index (χ1) is 7.78. The van der Waals surface area contributed by atoms with Crippen molar-refractivity contribution in [1.82, 2.24) is 19.7 Å². The van der Waals surface area contributed by atoms with Crippen molar-refractivity contribution in [3.8, 4) is 11.8 Å². The van der Waals surface area contributed by atoms with Crippen molar-refractivity contribution in [3.63, 3.8) is 0 Å². The minimum Gasteiger partial charge on any atom is -0.421 e. The maximum absolute atomic E-state index is 5.45. The van der Waals surface area contributed by atoms with Crippen molar-refractivity contribution in [2.45, 2.75) is 19.9 Å². The molecule has 0 amide bonds. The summed E-state index contributed by atoms with van der Waals surface area (Å²) in [7, 11) is 0. The van der Waals surface area contributed by atoms with Crippen LogP contribution in [-0.2, 0) is 6.54 Å².